The highest BCUT2D eigenvalue weighted by Crippen LogP contribution is 2.15. The topological polar surface area (TPSA) is 56.0 Å². The van der Waals surface area contributed by atoms with Gasteiger partial charge in [-0.3, -0.25) is 4.79 Å². The van der Waals surface area contributed by atoms with Gasteiger partial charge in [-0.25, -0.2) is 4.98 Å². The first-order valence-corrected chi connectivity index (χ1v) is 4.85. The van der Waals surface area contributed by atoms with Crippen LogP contribution in [0, 0.1) is 0 Å². The van der Waals surface area contributed by atoms with E-state index in [4.69, 9.17) is 5.73 Å². The van der Waals surface area contributed by atoms with Crippen molar-refractivity contribution < 1.29 is 4.79 Å². The van der Waals surface area contributed by atoms with Crippen molar-refractivity contribution in [1.29, 1.82) is 0 Å². The lowest BCUT2D eigenvalue weighted by Gasteiger charge is -1.95. The lowest BCUT2D eigenvalue weighted by molar-refractivity contribution is 0.0995. The van der Waals surface area contributed by atoms with Gasteiger partial charge in [-0.05, 0) is 12.8 Å². The number of nitrogens with two attached hydrogens (primary N) is 1. The van der Waals surface area contributed by atoms with E-state index in [0.29, 0.717) is 5.69 Å². The summed E-state index contributed by atoms with van der Waals surface area (Å²) in [6, 6.07) is 0. The average Bonchev–Trinajstić information content (AvgIpc) is 2.48. The Bertz CT molecular complexity index is 270. The molecule has 0 unspecified atom stereocenters. The maximum atomic E-state index is 10.8. The predicted molar refractivity (Wildman–Crippen MR) is 49.2 cm³/mol. The summed E-state index contributed by atoms with van der Waals surface area (Å²) in [7, 11) is 0. The Kier molecular flexibility index (Phi) is 3.22. The van der Waals surface area contributed by atoms with Crippen LogP contribution < -0.4 is 5.73 Å². The second kappa shape index (κ2) is 4.21. The van der Waals surface area contributed by atoms with Crippen LogP contribution in [0.2, 0.25) is 0 Å². The average molecular weight is 184 g/mol. The van der Waals surface area contributed by atoms with E-state index in [1.165, 1.54) is 11.3 Å². The molecule has 1 amide bonds. The standard InChI is InChI=1S/C8H12N2OS/c1-2-3-4-6-7(8(9)11)10-5-12-6/h5H,2-4H2,1H3,(H2,9,11). The van der Waals surface area contributed by atoms with Gasteiger partial charge < -0.3 is 5.73 Å². The number of unbranched alkanes of at least 4 members (excludes halogenated alkanes) is 1. The number of aryl methyl sites for hydroxylation is 1. The minimum absolute atomic E-state index is 0.414. The van der Waals surface area contributed by atoms with Gasteiger partial charge in [0.2, 0.25) is 0 Å². The molecule has 66 valence electrons. The van der Waals surface area contributed by atoms with Gasteiger partial charge in [0.15, 0.2) is 0 Å². The Morgan fingerprint density at radius 1 is 1.75 bits per heavy atom. The molecular formula is C8H12N2OS. The number of amides is 1. The van der Waals surface area contributed by atoms with Gasteiger partial charge in [-0.1, -0.05) is 13.3 Å². The Morgan fingerprint density at radius 2 is 2.50 bits per heavy atom. The van der Waals surface area contributed by atoms with E-state index >= 15 is 0 Å². The molecule has 0 fully saturated rings. The summed E-state index contributed by atoms with van der Waals surface area (Å²) in [5.41, 5.74) is 7.26. The zero-order valence-corrected chi connectivity index (χ0v) is 7.86. The van der Waals surface area contributed by atoms with Crippen LogP contribution >= 0.6 is 11.3 Å². The minimum atomic E-state index is -0.414. The second-order valence-corrected chi connectivity index (χ2v) is 3.53. The fourth-order valence-electron chi connectivity index (χ4n) is 0.986. The summed E-state index contributed by atoms with van der Waals surface area (Å²) in [5.74, 6) is -0.414. The number of carbonyl (C=O) groups is 1. The highest BCUT2D eigenvalue weighted by Gasteiger charge is 2.09. The quantitative estimate of drug-likeness (QED) is 0.772. The first-order chi connectivity index (χ1) is 5.75. The first-order valence-electron chi connectivity index (χ1n) is 3.98. The molecule has 1 rings (SSSR count). The van der Waals surface area contributed by atoms with Crippen molar-refractivity contribution in [1.82, 2.24) is 4.98 Å². The number of hydrogen-bond acceptors (Lipinski definition) is 3. The third-order valence-corrected chi connectivity index (χ3v) is 2.52. The number of primary amides is 1. The molecule has 12 heavy (non-hydrogen) atoms. The van der Waals surface area contributed by atoms with Crippen LogP contribution in [-0.2, 0) is 6.42 Å². The van der Waals surface area contributed by atoms with Crippen LogP contribution in [0.3, 0.4) is 0 Å². The number of carbonyl (C=O) groups excluding carboxylic acids is 1. The molecule has 0 saturated carbocycles. The van der Waals surface area contributed by atoms with Crippen LogP contribution in [0.15, 0.2) is 5.51 Å². The molecule has 0 bridgehead atoms. The molecule has 0 aliphatic rings. The maximum absolute atomic E-state index is 10.8. The second-order valence-electron chi connectivity index (χ2n) is 2.59. The molecule has 0 aliphatic heterocycles. The van der Waals surface area contributed by atoms with Gasteiger partial charge in [0.25, 0.3) is 5.91 Å². The van der Waals surface area contributed by atoms with Crippen molar-refractivity contribution in [3.05, 3.63) is 16.1 Å². The minimum Gasteiger partial charge on any atom is -0.364 e. The summed E-state index contributed by atoms with van der Waals surface area (Å²) in [6.07, 6.45) is 3.12. The molecule has 1 aromatic rings. The van der Waals surface area contributed by atoms with Crippen molar-refractivity contribution >= 4 is 17.2 Å². The fourth-order valence-corrected chi connectivity index (χ4v) is 1.80. The molecule has 0 radical (unpaired) electrons. The van der Waals surface area contributed by atoms with Crippen LogP contribution in [0.1, 0.15) is 35.1 Å². The zero-order chi connectivity index (χ0) is 8.97. The predicted octanol–water partition coefficient (Wildman–Crippen LogP) is 1.58. The summed E-state index contributed by atoms with van der Waals surface area (Å²) in [4.78, 5) is 15.7. The normalized spacial score (nSPS) is 10.1. The van der Waals surface area contributed by atoms with Gasteiger partial charge >= 0.3 is 0 Å². The van der Waals surface area contributed by atoms with E-state index < -0.39 is 5.91 Å². The number of thiazole rings is 1. The zero-order valence-electron chi connectivity index (χ0n) is 7.04. The molecule has 1 aromatic heterocycles. The number of rotatable bonds is 4. The largest absolute Gasteiger partial charge is 0.364 e. The highest BCUT2D eigenvalue weighted by atomic mass is 32.1. The lowest BCUT2D eigenvalue weighted by atomic mass is 10.2. The van der Waals surface area contributed by atoms with Gasteiger partial charge in [-0.2, -0.15) is 0 Å². The third-order valence-electron chi connectivity index (χ3n) is 1.63. The molecular weight excluding hydrogens is 172 g/mol. The van der Waals surface area contributed by atoms with Crippen LogP contribution in [0.5, 0.6) is 0 Å². The fraction of sp³-hybridized carbons (Fsp3) is 0.500. The van der Waals surface area contributed by atoms with Crippen LogP contribution in [0.25, 0.3) is 0 Å². The maximum Gasteiger partial charge on any atom is 0.268 e. The molecule has 0 saturated heterocycles. The van der Waals surface area contributed by atoms with Crippen molar-refractivity contribution in [3.63, 3.8) is 0 Å². The van der Waals surface area contributed by atoms with Gasteiger partial charge in [0, 0.05) is 4.88 Å². The van der Waals surface area contributed by atoms with Crippen molar-refractivity contribution in [3.8, 4) is 0 Å². The Hall–Kier alpha value is -0.900. The monoisotopic (exact) mass is 184 g/mol. The SMILES string of the molecule is CCCCc1scnc1C(N)=O. The summed E-state index contributed by atoms with van der Waals surface area (Å²) in [5, 5.41) is 0. The Morgan fingerprint density at radius 3 is 3.08 bits per heavy atom. The Labute approximate surface area is 75.6 Å². The molecule has 4 heteroatoms. The molecule has 0 atom stereocenters. The number of aromatic nitrogens is 1. The molecule has 0 aliphatic carbocycles. The van der Waals surface area contributed by atoms with E-state index in [-0.39, 0.29) is 0 Å². The van der Waals surface area contributed by atoms with E-state index in [9.17, 15) is 4.79 Å². The summed E-state index contributed by atoms with van der Waals surface area (Å²) >= 11 is 1.51. The van der Waals surface area contributed by atoms with E-state index in [1.807, 2.05) is 0 Å². The molecule has 3 nitrogen and oxygen atoms in total. The summed E-state index contributed by atoms with van der Waals surface area (Å²) in [6.45, 7) is 2.12. The van der Waals surface area contributed by atoms with Crippen molar-refractivity contribution in [2.24, 2.45) is 5.73 Å². The van der Waals surface area contributed by atoms with Crippen molar-refractivity contribution in [2.45, 2.75) is 26.2 Å². The highest BCUT2D eigenvalue weighted by molar-refractivity contribution is 7.09. The van der Waals surface area contributed by atoms with Gasteiger partial charge in [-0.15, -0.1) is 11.3 Å². The van der Waals surface area contributed by atoms with Gasteiger partial charge in [0.05, 0.1) is 5.51 Å². The Balaban J connectivity index is 2.70. The van der Waals surface area contributed by atoms with E-state index in [2.05, 4.69) is 11.9 Å². The first kappa shape index (κ1) is 9.19. The lowest BCUT2D eigenvalue weighted by Crippen LogP contribution is -2.13. The molecule has 2 N–H and O–H groups in total. The molecule has 1 heterocycles. The number of nitrogens with zero attached hydrogens (tertiary/aromatic N) is 1. The van der Waals surface area contributed by atoms with E-state index in [1.54, 1.807) is 5.51 Å². The molecule has 0 aromatic carbocycles. The number of hydrogen-bond donors (Lipinski definition) is 1. The smallest absolute Gasteiger partial charge is 0.268 e. The van der Waals surface area contributed by atoms with Gasteiger partial charge in [0.1, 0.15) is 5.69 Å². The molecule has 0 spiro atoms. The summed E-state index contributed by atoms with van der Waals surface area (Å²) < 4.78 is 0. The van der Waals surface area contributed by atoms with Crippen molar-refractivity contribution in [2.75, 3.05) is 0 Å². The van der Waals surface area contributed by atoms with E-state index in [0.717, 1.165) is 24.1 Å². The van der Waals surface area contributed by atoms with Crippen LogP contribution in [-0.4, -0.2) is 10.9 Å². The van der Waals surface area contributed by atoms with Crippen LogP contribution in [0.4, 0.5) is 0 Å². The third kappa shape index (κ3) is 2.04.